The highest BCUT2D eigenvalue weighted by Gasteiger charge is 2.18. The zero-order chi connectivity index (χ0) is 19.0. The van der Waals surface area contributed by atoms with E-state index in [4.69, 9.17) is 4.74 Å². The minimum absolute atomic E-state index is 0.317. The van der Waals surface area contributed by atoms with Gasteiger partial charge in [-0.1, -0.05) is 30.3 Å². The summed E-state index contributed by atoms with van der Waals surface area (Å²) in [5.41, 5.74) is 5.90. The fraction of sp³-hybridized carbons (Fsp3) is 0.158. The Hall–Kier alpha value is -3.52. The molecule has 0 aliphatic heterocycles. The highest BCUT2D eigenvalue weighted by atomic mass is 16.5. The first kappa shape index (κ1) is 16.9. The Bertz CT molecular complexity index is 1210. The lowest BCUT2D eigenvalue weighted by atomic mass is 10.1. The van der Waals surface area contributed by atoms with Crippen molar-refractivity contribution in [2.75, 3.05) is 12.5 Å². The number of rotatable bonds is 4. The number of hydrogen-bond acceptors (Lipinski definition) is 5. The average Bonchev–Trinajstić information content (AvgIpc) is 3.03. The summed E-state index contributed by atoms with van der Waals surface area (Å²) in [4.78, 5) is 28.4. The van der Waals surface area contributed by atoms with Gasteiger partial charge in [-0.05, 0) is 11.6 Å². The van der Waals surface area contributed by atoms with Gasteiger partial charge in [0, 0.05) is 26.4 Å². The van der Waals surface area contributed by atoms with Gasteiger partial charge in [-0.25, -0.2) is 14.2 Å². The molecule has 27 heavy (non-hydrogen) atoms. The largest absolute Gasteiger partial charge is 0.378 e. The van der Waals surface area contributed by atoms with E-state index in [0.717, 1.165) is 21.5 Å². The normalized spacial score (nSPS) is 11.2. The van der Waals surface area contributed by atoms with Crippen LogP contribution in [0, 0.1) is 0 Å². The molecule has 4 rings (SSSR count). The molecule has 0 aliphatic rings. The molecular weight excluding hydrogens is 346 g/mol. The van der Waals surface area contributed by atoms with E-state index < -0.39 is 0 Å². The topological polar surface area (TPSA) is 90.5 Å². The second-order valence-electron chi connectivity index (χ2n) is 6.07. The van der Waals surface area contributed by atoms with E-state index in [1.54, 1.807) is 17.7 Å². The summed E-state index contributed by atoms with van der Waals surface area (Å²) < 4.78 is 8.08. The zero-order valence-corrected chi connectivity index (χ0v) is 14.8. The van der Waals surface area contributed by atoms with Gasteiger partial charge in [-0.3, -0.25) is 15.0 Å². The summed E-state index contributed by atoms with van der Waals surface area (Å²) in [7, 11) is 1.61. The van der Waals surface area contributed by atoms with E-state index in [2.05, 4.69) is 15.5 Å². The van der Waals surface area contributed by atoms with Crippen molar-refractivity contribution in [2.24, 2.45) is 0 Å². The lowest BCUT2D eigenvalue weighted by Gasteiger charge is -2.07. The molecule has 1 amide bonds. The summed E-state index contributed by atoms with van der Waals surface area (Å²) in [5, 5.41) is 4.98. The average molecular weight is 363 g/mol. The number of carbonyl (C=O) groups is 1. The maximum Gasteiger partial charge on any atom is 0.280 e. The third-order valence-corrected chi connectivity index (χ3v) is 4.21. The van der Waals surface area contributed by atoms with Crippen LogP contribution in [0.5, 0.6) is 0 Å². The SMILES string of the molecule is COCc1nn2c(ncc3c(=O)n(NC(C)=O)ccc32)c1-c1ccccc1. The van der Waals surface area contributed by atoms with Crippen LogP contribution in [0.2, 0.25) is 0 Å². The number of ether oxygens (including phenoxy) is 1. The van der Waals surface area contributed by atoms with E-state index in [0.29, 0.717) is 23.2 Å². The number of carbonyl (C=O) groups excluding carboxylic acids is 1. The van der Waals surface area contributed by atoms with Gasteiger partial charge in [0.05, 0.1) is 28.8 Å². The number of nitrogens with one attached hydrogen (secondary N) is 1. The predicted molar refractivity (Wildman–Crippen MR) is 101 cm³/mol. The molecule has 1 aromatic carbocycles. The maximum atomic E-state index is 12.6. The molecule has 0 spiro atoms. The van der Waals surface area contributed by atoms with Gasteiger partial charge in [-0.15, -0.1) is 0 Å². The van der Waals surface area contributed by atoms with E-state index in [1.165, 1.54) is 19.3 Å². The third-order valence-electron chi connectivity index (χ3n) is 4.21. The number of nitrogens with zero attached hydrogens (tertiary/aromatic N) is 4. The van der Waals surface area contributed by atoms with Crippen LogP contribution in [0.25, 0.3) is 27.7 Å². The molecule has 0 saturated carbocycles. The molecule has 0 bridgehead atoms. The molecule has 0 atom stereocenters. The van der Waals surface area contributed by atoms with Gasteiger partial charge < -0.3 is 4.74 Å². The van der Waals surface area contributed by atoms with Gasteiger partial charge >= 0.3 is 0 Å². The smallest absolute Gasteiger partial charge is 0.280 e. The molecule has 0 aliphatic carbocycles. The Morgan fingerprint density at radius 1 is 1.22 bits per heavy atom. The van der Waals surface area contributed by atoms with Crippen LogP contribution in [0.4, 0.5) is 0 Å². The van der Waals surface area contributed by atoms with Crippen LogP contribution in [-0.4, -0.2) is 32.3 Å². The first-order valence-electron chi connectivity index (χ1n) is 8.34. The molecule has 3 heterocycles. The van der Waals surface area contributed by atoms with Crippen molar-refractivity contribution in [3.63, 3.8) is 0 Å². The van der Waals surface area contributed by atoms with E-state index in [9.17, 15) is 9.59 Å². The molecule has 1 N–H and O–H groups in total. The number of methoxy groups -OCH3 is 1. The van der Waals surface area contributed by atoms with Crippen molar-refractivity contribution in [2.45, 2.75) is 13.5 Å². The quantitative estimate of drug-likeness (QED) is 0.598. The van der Waals surface area contributed by atoms with Crippen molar-refractivity contribution < 1.29 is 9.53 Å². The second-order valence-corrected chi connectivity index (χ2v) is 6.07. The van der Waals surface area contributed by atoms with Gasteiger partial charge in [-0.2, -0.15) is 5.10 Å². The van der Waals surface area contributed by atoms with E-state index in [-0.39, 0.29) is 11.5 Å². The van der Waals surface area contributed by atoms with Crippen molar-refractivity contribution in [3.8, 4) is 11.1 Å². The monoisotopic (exact) mass is 363 g/mol. The Balaban J connectivity index is 2.02. The van der Waals surface area contributed by atoms with Crippen molar-refractivity contribution in [1.82, 2.24) is 19.3 Å². The Labute approximate surface area is 154 Å². The van der Waals surface area contributed by atoms with Crippen LogP contribution in [0.1, 0.15) is 12.6 Å². The van der Waals surface area contributed by atoms with Crippen molar-refractivity contribution in [3.05, 3.63) is 64.8 Å². The number of fused-ring (bicyclic) bond motifs is 3. The lowest BCUT2D eigenvalue weighted by molar-refractivity contribution is -0.115. The number of benzene rings is 1. The molecular formula is C19H17N5O3. The summed E-state index contributed by atoms with van der Waals surface area (Å²) in [5.74, 6) is -0.335. The third kappa shape index (κ3) is 2.85. The molecule has 3 aromatic heterocycles. The van der Waals surface area contributed by atoms with E-state index >= 15 is 0 Å². The van der Waals surface area contributed by atoms with Crippen LogP contribution in [0.3, 0.4) is 0 Å². The molecule has 8 nitrogen and oxygen atoms in total. The highest BCUT2D eigenvalue weighted by Crippen LogP contribution is 2.29. The minimum atomic E-state index is -0.373. The minimum Gasteiger partial charge on any atom is -0.378 e. The Morgan fingerprint density at radius 3 is 2.70 bits per heavy atom. The maximum absolute atomic E-state index is 12.6. The number of hydrogen-bond donors (Lipinski definition) is 1. The number of amides is 1. The Morgan fingerprint density at radius 2 is 2.00 bits per heavy atom. The van der Waals surface area contributed by atoms with Crippen LogP contribution in [-0.2, 0) is 16.1 Å². The van der Waals surface area contributed by atoms with Gasteiger partial charge in [0.1, 0.15) is 0 Å². The molecule has 8 heteroatoms. The molecule has 0 radical (unpaired) electrons. The van der Waals surface area contributed by atoms with Gasteiger partial charge in [0.15, 0.2) is 5.65 Å². The second kappa shape index (κ2) is 6.65. The summed E-state index contributed by atoms with van der Waals surface area (Å²) in [6.07, 6.45) is 3.02. The van der Waals surface area contributed by atoms with Crippen LogP contribution < -0.4 is 11.0 Å². The highest BCUT2D eigenvalue weighted by molar-refractivity contribution is 5.87. The fourth-order valence-electron chi connectivity index (χ4n) is 3.11. The Kier molecular flexibility index (Phi) is 4.17. The number of pyridine rings is 1. The van der Waals surface area contributed by atoms with Gasteiger partial charge in [0.25, 0.3) is 5.56 Å². The molecule has 136 valence electrons. The molecule has 0 fully saturated rings. The summed E-state index contributed by atoms with van der Waals surface area (Å²) in [6, 6.07) is 11.5. The summed E-state index contributed by atoms with van der Waals surface area (Å²) in [6.45, 7) is 1.66. The molecule has 4 aromatic rings. The molecule has 0 unspecified atom stereocenters. The van der Waals surface area contributed by atoms with Crippen molar-refractivity contribution >= 4 is 22.5 Å². The fourth-order valence-corrected chi connectivity index (χ4v) is 3.11. The molecule has 0 saturated heterocycles. The standard InChI is InChI=1S/C19H17N5O3/c1-12(25)21-23-9-8-16-14(19(23)26)10-20-18-17(13-6-4-3-5-7-13)15(11-27-2)22-24(16)18/h3-10H,11H2,1-2H3,(H,21,25). The zero-order valence-electron chi connectivity index (χ0n) is 14.8. The summed E-state index contributed by atoms with van der Waals surface area (Å²) >= 11 is 0. The van der Waals surface area contributed by atoms with Crippen molar-refractivity contribution in [1.29, 1.82) is 0 Å². The lowest BCUT2D eigenvalue weighted by Crippen LogP contribution is -2.31. The number of aromatic nitrogens is 4. The first-order chi connectivity index (χ1) is 13.1. The van der Waals surface area contributed by atoms with Crippen LogP contribution in [0.15, 0.2) is 53.6 Å². The van der Waals surface area contributed by atoms with Crippen LogP contribution >= 0.6 is 0 Å². The predicted octanol–water partition coefficient (Wildman–Crippen LogP) is 1.95. The van der Waals surface area contributed by atoms with E-state index in [1.807, 2.05) is 30.3 Å². The first-order valence-corrected chi connectivity index (χ1v) is 8.34. The van der Waals surface area contributed by atoms with Gasteiger partial charge in [0.2, 0.25) is 5.91 Å².